The number of guanidine groups is 1. The van der Waals surface area contributed by atoms with Crippen molar-refractivity contribution >= 4 is 39.8 Å². The quantitative estimate of drug-likeness (QED) is 0.321. The molecule has 0 radical (unpaired) electrons. The number of nitrogens with zero attached hydrogens (tertiary/aromatic N) is 2. The minimum atomic E-state index is -3.20. The molecule has 0 amide bonds. The highest BCUT2D eigenvalue weighted by atomic mass is 127. The Morgan fingerprint density at radius 3 is 2.33 bits per heavy atom. The van der Waals surface area contributed by atoms with E-state index in [9.17, 15) is 8.42 Å². The molecule has 1 aliphatic heterocycles. The Morgan fingerprint density at radius 2 is 1.83 bits per heavy atom. The number of hydrogen-bond acceptors (Lipinski definition) is 5. The van der Waals surface area contributed by atoms with Crippen LogP contribution in [0.1, 0.15) is 38.8 Å². The number of morpholine rings is 1. The third-order valence-corrected chi connectivity index (χ3v) is 6.54. The van der Waals surface area contributed by atoms with Crippen LogP contribution in [0.3, 0.4) is 0 Å². The third-order valence-electron chi connectivity index (χ3n) is 5.29. The first-order chi connectivity index (χ1) is 13.4. The monoisotopic (exact) mass is 552 g/mol. The van der Waals surface area contributed by atoms with E-state index in [1.54, 1.807) is 13.1 Å². The second-order valence-electron chi connectivity index (χ2n) is 8.63. The van der Waals surface area contributed by atoms with Crippen molar-refractivity contribution in [2.75, 3.05) is 32.9 Å². The van der Waals surface area contributed by atoms with Crippen LogP contribution < -0.4 is 10.6 Å². The smallest absolute Gasteiger partial charge is 0.191 e. The fourth-order valence-electron chi connectivity index (χ4n) is 3.73. The van der Waals surface area contributed by atoms with E-state index in [0.29, 0.717) is 11.4 Å². The summed E-state index contributed by atoms with van der Waals surface area (Å²) in [5, 5.41) is 6.73. The molecule has 2 unspecified atom stereocenters. The van der Waals surface area contributed by atoms with Gasteiger partial charge in [-0.25, -0.2) is 8.42 Å². The molecule has 0 bridgehead atoms. The van der Waals surface area contributed by atoms with Gasteiger partial charge in [-0.1, -0.05) is 12.1 Å². The van der Waals surface area contributed by atoms with Gasteiger partial charge < -0.3 is 15.4 Å². The molecule has 2 atom stereocenters. The van der Waals surface area contributed by atoms with Crippen LogP contribution in [0, 0.1) is 6.92 Å². The molecule has 1 aliphatic rings. The molecule has 0 aliphatic carbocycles. The standard InChI is InChI=1S/C21H36N4O3S.HI/c1-15-10-18(8-9-19(15)29(7,26)27)11-23-20(22-6)24-14-21(4,5)25-12-16(2)28-17(3)13-25;/h8-10,16-17H,11-14H2,1-7H3,(H2,22,23,24);1H. The molecule has 1 aromatic carbocycles. The Hall–Kier alpha value is -0.910. The predicted molar refractivity (Wildman–Crippen MR) is 134 cm³/mol. The number of rotatable bonds is 6. The van der Waals surface area contributed by atoms with Crippen molar-refractivity contribution in [1.29, 1.82) is 0 Å². The van der Waals surface area contributed by atoms with Crippen molar-refractivity contribution in [1.82, 2.24) is 15.5 Å². The van der Waals surface area contributed by atoms with Crippen LogP contribution in [0.25, 0.3) is 0 Å². The highest BCUT2D eigenvalue weighted by Gasteiger charge is 2.33. The molecule has 172 valence electrons. The number of hydrogen-bond donors (Lipinski definition) is 2. The van der Waals surface area contributed by atoms with Gasteiger partial charge in [0, 0.05) is 45.0 Å². The lowest BCUT2D eigenvalue weighted by atomic mass is 10.00. The molecule has 7 nitrogen and oxygen atoms in total. The van der Waals surface area contributed by atoms with E-state index in [1.807, 2.05) is 19.1 Å². The topological polar surface area (TPSA) is 83.0 Å². The lowest BCUT2D eigenvalue weighted by molar-refractivity contribution is -0.0946. The molecule has 2 rings (SSSR count). The predicted octanol–water partition coefficient (Wildman–Crippen LogP) is 2.57. The van der Waals surface area contributed by atoms with Crippen molar-refractivity contribution in [3.63, 3.8) is 0 Å². The molecule has 1 saturated heterocycles. The Balaban J connectivity index is 0.00000450. The zero-order valence-electron chi connectivity index (χ0n) is 19.2. The maximum absolute atomic E-state index is 11.8. The summed E-state index contributed by atoms with van der Waals surface area (Å²) in [7, 11) is -1.45. The van der Waals surface area contributed by atoms with Crippen molar-refractivity contribution in [3.8, 4) is 0 Å². The van der Waals surface area contributed by atoms with Crippen molar-refractivity contribution in [2.45, 2.75) is 63.8 Å². The minimum absolute atomic E-state index is 0. The van der Waals surface area contributed by atoms with E-state index in [2.05, 4.69) is 48.2 Å². The number of aryl methyl sites for hydroxylation is 1. The lowest BCUT2D eigenvalue weighted by Crippen LogP contribution is -2.59. The summed E-state index contributed by atoms with van der Waals surface area (Å²) >= 11 is 0. The Labute approximate surface area is 199 Å². The van der Waals surface area contributed by atoms with Gasteiger partial charge in [0.2, 0.25) is 0 Å². The first-order valence-corrected chi connectivity index (χ1v) is 12.0. The summed E-state index contributed by atoms with van der Waals surface area (Å²) in [4.78, 5) is 7.15. The number of benzene rings is 1. The molecule has 1 aromatic rings. The van der Waals surface area contributed by atoms with Crippen molar-refractivity contribution in [2.24, 2.45) is 4.99 Å². The van der Waals surface area contributed by atoms with Crippen LogP contribution in [0.2, 0.25) is 0 Å². The molecular weight excluding hydrogens is 515 g/mol. The molecule has 9 heteroatoms. The zero-order valence-corrected chi connectivity index (χ0v) is 22.3. The van der Waals surface area contributed by atoms with E-state index in [4.69, 9.17) is 4.74 Å². The van der Waals surface area contributed by atoms with Gasteiger partial charge in [0.25, 0.3) is 0 Å². The second-order valence-corrected chi connectivity index (χ2v) is 10.6. The maximum Gasteiger partial charge on any atom is 0.191 e. The summed E-state index contributed by atoms with van der Waals surface area (Å²) in [6, 6.07) is 5.41. The molecule has 1 heterocycles. The van der Waals surface area contributed by atoms with Crippen LogP contribution in [0.5, 0.6) is 0 Å². The van der Waals surface area contributed by atoms with Crippen LogP contribution in [0.4, 0.5) is 0 Å². The third kappa shape index (κ3) is 7.65. The Morgan fingerprint density at radius 1 is 1.23 bits per heavy atom. The van der Waals surface area contributed by atoms with E-state index in [1.165, 1.54) is 6.26 Å². The van der Waals surface area contributed by atoms with Crippen LogP contribution in [0.15, 0.2) is 28.1 Å². The fourth-order valence-corrected chi connectivity index (χ4v) is 4.69. The van der Waals surface area contributed by atoms with Gasteiger partial charge in [-0.2, -0.15) is 0 Å². The number of sulfone groups is 1. The first-order valence-electron chi connectivity index (χ1n) is 10.1. The van der Waals surface area contributed by atoms with Crippen LogP contribution in [-0.4, -0.2) is 70.0 Å². The summed E-state index contributed by atoms with van der Waals surface area (Å²) in [5.74, 6) is 0.720. The fraction of sp³-hybridized carbons (Fsp3) is 0.667. The van der Waals surface area contributed by atoms with Crippen LogP contribution in [-0.2, 0) is 21.1 Å². The van der Waals surface area contributed by atoms with Gasteiger partial charge >= 0.3 is 0 Å². The summed E-state index contributed by atoms with van der Waals surface area (Å²) in [6.07, 6.45) is 1.69. The first kappa shape index (κ1) is 27.1. The van der Waals surface area contributed by atoms with Crippen molar-refractivity contribution in [3.05, 3.63) is 29.3 Å². The van der Waals surface area contributed by atoms with Crippen LogP contribution >= 0.6 is 24.0 Å². The number of aliphatic imine (C=N–C) groups is 1. The average molecular weight is 553 g/mol. The molecule has 0 saturated carbocycles. The Bertz CT molecular complexity index is 833. The SMILES string of the molecule is CN=C(NCc1ccc(S(C)(=O)=O)c(C)c1)NCC(C)(C)N1CC(C)OC(C)C1.I. The second kappa shape index (κ2) is 11.1. The normalized spacial score (nSPS) is 21.1. The molecule has 2 N–H and O–H groups in total. The van der Waals surface area contributed by atoms with E-state index < -0.39 is 9.84 Å². The largest absolute Gasteiger partial charge is 0.373 e. The van der Waals surface area contributed by atoms with Gasteiger partial charge in [-0.05, 0) is 51.8 Å². The highest BCUT2D eigenvalue weighted by molar-refractivity contribution is 14.0. The minimum Gasteiger partial charge on any atom is -0.373 e. The highest BCUT2D eigenvalue weighted by Crippen LogP contribution is 2.20. The molecule has 30 heavy (non-hydrogen) atoms. The zero-order chi connectivity index (χ0) is 21.8. The van der Waals surface area contributed by atoms with Gasteiger partial charge in [0.05, 0.1) is 17.1 Å². The summed E-state index contributed by atoms with van der Waals surface area (Å²) in [6.45, 7) is 13.6. The van der Waals surface area contributed by atoms with E-state index >= 15 is 0 Å². The average Bonchev–Trinajstić information content (AvgIpc) is 2.60. The molecule has 0 aromatic heterocycles. The molecule has 1 fully saturated rings. The van der Waals surface area contributed by atoms with Gasteiger partial charge in [0.15, 0.2) is 15.8 Å². The van der Waals surface area contributed by atoms with E-state index in [-0.39, 0.29) is 41.7 Å². The molecular formula is C21H37IN4O3S. The Kier molecular flexibility index (Phi) is 10.0. The van der Waals surface area contributed by atoms with Gasteiger partial charge in [0.1, 0.15) is 0 Å². The number of ether oxygens (including phenoxy) is 1. The van der Waals surface area contributed by atoms with Gasteiger partial charge in [-0.15, -0.1) is 24.0 Å². The summed E-state index contributed by atoms with van der Waals surface area (Å²) in [5.41, 5.74) is 1.72. The maximum atomic E-state index is 11.8. The number of halogens is 1. The number of nitrogens with one attached hydrogen (secondary N) is 2. The van der Waals surface area contributed by atoms with E-state index in [0.717, 1.165) is 36.7 Å². The van der Waals surface area contributed by atoms with Gasteiger partial charge in [-0.3, -0.25) is 9.89 Å². The molecule has 0 spiro atoms. The summed E-state index contributed by atoms with van der Waals surface area (Å²) < 4.78 is 29.4. The van der Waals surface area contributed by atoms with Crippen molar-refractivity contribution < 1.29 is 13.2 Å². The lowest BCUT2D eigenvalue weighted by Gasteiger charge is -2.45.